The van der Waals surface area contributed by atoms with E-state index in [9.17, 15) is 9.59 Å². The first-order chi connectivity index (χ1) is 16.1. The summed E-state index contributed by atoms with van der Waals surface area (Å²) in [5.74, 6) is 1.02. The monoisotopic (exact) mass is 452 g/mol. The summed E-state index contributed by atoms with van der Waals surface area (Å²) in [7, 11) is 1.69. The molecule has 8 nitrogen and oxygen atoms in total. The summed E-state index contributed by atoms with van der Waals surface area (Å²) in [6.07, 6.45) is 2.93. The summed E-state index contributed by atoms with van der Waals surface area (Å²) < 4.78 is 10.3. The molecule has 0 spiro atoms. The average molecular weight is 453 g/mol. The van der Waals surface area contributed by atoms with Crippen molar-refractivity contribution in [2.24, 2.45) is 5.92 Å². The van der Waals surface area contributed by atoms with Gasteiger partial charge >= 0.3 is 12.0 Å². The van der Waals surface area contributed by atoms with Crippen LogP contribution in [0.25, 0.3) is 0 Å². The highest BCUT2D eigenvalue weighted by atomic mass is 16.5. The van der Waals surface area contributed by atoms with Crippen molar-refractivity contribution < 1.29 is 19.1 Å². The molecule has 4 rings (SSSR count). The molecule has 0 saturated carbocycles. The molecule has 3 N–H and O–H groups in total. The van der Waals surface area contributed by atoms with Gasteiger partial charge in [0, 0.05) is 30.9 Å². The number of hydrogen-bond acceptors (Lipinski definition) is 6. The normalized spacial score (nSPS) is 21.0. The standard InChI is InChI=1S/C25H32N4O4/c1-3-33-24(30)18-7-9-20(10-8-18)26-25(31)29-13-11-17(12-14-29)22-16-23(28-27-22)19-5-4-6-21(15-19)32-2/h4-10,15,17,22-23,27-28H,3,11-14,16H2,1-2H3,(H,26,31). The van der Waals surface area contributed by atoms with Gasteiger partial charge in [-0.25, -0.2) is 9.59 Å². The number of carbonyl (C=O) groups is 2. The number of ether oxygens (including phenoxy) is 2. The molecule has 176 valence electrons. The van der Waals surface area contributed by atoms with Crippen molar-refractivity contribution in [2.45, 2.75) is 38.3 Å². The fraction of sp³-hybridized carbons (Fsp3) is 0.440. The van der Waals surface area contributed by atoms with Crippen LogP contribution in [0, 0.1) is 5.92 Å². The third-order valence-electron chi connectivity index (χ3n) is 6.47. The van der Waals surface area contributed by atoms with Crippen LogP contribution < -0.4 is 20.9 Å². The third-order valence-corrected chi connectivity index (χ3v) is 6.47. The summed E-state index contributed by atoms with van der Waals surface area (Å²) in [6.45, 7) is 3.55. The van der Waals surface area contributed by atoms with E-state index < -0.39 is 0 Å². The van der Waals surface area contributed by atoms with Crippen LogP contribution in [0.1, 0.15) is 48.1 Å². The quantitative estimate of drug-likeness (QED) is 0.579. The molecule has 2 aromatic rings. The zero-order valence-electron chi connectivity index (χ0n) is 19.2. The smallest absolute Gasteiger partial charge is 0.338 e. The Morgan fingerprint density at radius 1 is 1.09 bits per heavy atom. The lowest BCUT2D eigenvalue weighted by molar-refractivity contribution is 0.0526. The number of likely N-dealkylation sites (tertiary alicyclic amines) is 1. The van der Waals surface area contributed by atoms with E-state index in [1.807, 2.05) is 17.0 Å². The first-order valence-corrected chi connectivity index (χ1v) is 11.6. The van der Waals surface area contributed by atoms with Crippen LogP contribution in [0.15, 0.2) is 48.5 Å². The van der Waals surface area contributed by atoms with E-state index in [-0.39, 0.29) is 18.0 Å². The van der Waals surface area contributed by atoms with Gasteiger partial charge in [0.1, 0.15) is 5.75 Å². The highest BCUT2D eigenvalue weighted by Gasteiger charge is 2.34. The second-order valence-electron chi connectivity index (χ2n) is 8.51. The molecule has 33 heavy (non-hydrogen) atoms. The third kappa shape index (κ3) is 5.64. The van der Waals surface area contributed by atoms with Crippen molar-refractivity contribution in [3.05, 3.63) is 59.7 Å². The Morgan fingerprint density at radius 2 is 1.85 bits per heavy atom. The minimum Gasteiger partial charge on any atom is -0.497 e. The maximum absolute atomic E-state index is 12.7. The molecule has 2 aromatic carbocycles. The van der Waals surface area contributed by atoms with Crippen LogP contribution in [0.5, 0.6) is 5.75 Å². The van der Waals surface area contributed by atoms with Gasteiger partial charge in [0.2, 0.25) is 0 Å². The SMILES string of the molecule is CCOC(=O)c1ccc(NC(=O)N2CCC(C3CC(c4cccc(OC)c4)NN3)CC2)cc1. The van der Waals surface area contributed by atoms with Crippen molar-refractivity contribution in [3.8, 4) is 5.75 Å². The summed E-state index contributed by atoms with van der Waals surface area (Å²) in [5, 5.41) is 2.93. The van der Waals surface area contributed by atoms with Gasteiger partial charge in [-0.1, -0.05) is 12.1 Å². The van der Waals surface area contributed by atoms with Crippen LogP contribution in [-0.2, 0) is 4.74 Å². The Bertz CT molecular complexity index is 957. The Balaban J connectivity index is 1.25. The summed E-state index contributed by atoms with van der Waals surface area (Å²) >= 11 is 0. The van der Waals surface area contributed by atoms with E-state index in [0.717, 1.165) is 38.1 Å². The number of nitrogens with zero attached hydrogens (tertiary/aromatic N) is 1. The van der Waals surface area contributed by atoms with Crippen LogP contribution in [-0.4, -0.2) is 49.7 Å². The lowest BCUT2D eigenvalue weighted by Crippen LogP contribution is -2.45. The Hall–Kier alpha value is -3.10. The number of methoxy groups -OCH3 is 1. The Morgan fingerprint density at radius 3 is 2.55 bits per heavy atom. The largest absolute Gasteiger partial charge is 0.497 e. The number of carbonyl (C=O) groups excluding carboxylic acids is 2. The number of amides is 2. The lowest BCUT2D eigenvalue weighted by Gasteiger charge is -2.34. The zero-order valence-corrected chi connectivity index (χ0v) is 19.2. The molecule has 2 fully saturated rings. The molecule has 8 heteroatoms. The van der Waals surface area contributed by atoms with Gasteiger partial charge in [-0.15, -0.1) is 0 Å². The molecular formula is C25H32N4O4. The first kappa shape index (κ1) is 23.1. The van der Waals surface area contributed by atoms with Crippen molar-refractivity contribution in [3.63, 3.8) is 0 Å². The number of urea groups is 1. The molecule has 0 aromatic heterocycles. The van der Waals surface area contributed by atoms with Crippen molar-refractivity contribution in [1.29, 1.82) is 0 Å². The van der Waals surface area contributed by atoms with E-state index in [1.54, 1.807) is 38.3 Å². The fourth-order valence-corrected chi connectivity index (χ4v) is 4.58. The van der Waals surface area contributed by atoms with E-state index in [2.05, 4.69) is 28.3 Å². The zero-order chi connectivity index (χ0) is 23.2. The second-order valence-corrected chi connectivity index (χ2v) is 8.51. The second kappa shape index (κ2) is 10.7. The summed E-state index contributed by atoms with van der Waals surface area (Å²) in [6, 6.07) is 15.5. The molecular weight excluding hydrogens is 420 g/mol. The number of benzene rings is 2. The minimum atomic E-state index is -0.360. The molecule has 2 aliphatic heterocycles. The van der Waals surface area contributed by atoms with E-state index in [1.165, 1.54) is 5.56 Å². The van der Waals surface area contributed by atoms with Crippen LogP contribution in [0.3, 0.4) is 0 Å². The van der Waals surface area contributed by atoms with Crippen molar-refractivity contribution in [2.75, 3.05) is 32.1 Å². The fourth-order valence-electron chi connectivity index (χ4n) is 4.58. The Kier molecular flexibility index (Phi) is 7.47. The first-order valence-electron chi connectivity index (χ1n) is 11.6. The van der Waals surface area contributed by atoms with Gasteiger partial charge in [-0.2, -0.15) is 0 Å². The van der Waals surface area contributed by atoms with Crippen LogP contribution >= 0.6 is 0 Å². The summed E-state index contributed by atoms with van der Waals surface area (Å²) in [5.41, 5.74) is 9.25. The number of rotatable bonds is 6. The molecule has 2 aliphatic rings. The highest BCUT2D eigenvalue weighted by molar-refractivity contribution is 5.92. The number of nitrogens with one attached hydrogen (secondary N) is 3. The number of anilines is 1. The average Bonchev–Trinajstić information content (AvgIpc) is 3.35. The molecule has 2 atom stereocenters. The predicted molar refractivity (Wildman–Crippen MR) is 126 cm³/mol. The molecule has 2 amide bonds. The molecule has 0 aliphatic carbocycles. The predicted octanol–water partition coefficient (Wildman–Crippen LogP) is 3.72. The minimum absolute atomic E-state index is 0.107. The molecule has 0 radical (unpaired) electrons. The van der Waals surface area contributed by atoms with Crippen LogP contribution in [0.4, 0.5) is 10.5 Å². The van der Waals surface area contributed by atoms with Gasteiger partial charge in [0.05, 0.1) is 19.3 Å². The van der Waals surface area contributed by atoms with E-state index >= 15 is 0 Å². The van der Waals surface area contributed by atoms with E-state index in [0.29, 0.717) is 29.8 Å². The maximum atomic E-state index is 12.7. The number of esters is 1. The van der Waals surface area contributed by atoms with Gasteiger partial charge in [-0.3, -0.25) is 10.9 Å². The number of piperidine rings is 1. The highest BCUT2D eigenvalue weighted by Crippen LogP contribution is 2.31. The molecule has 2 unspecified atom stereocenters. The topological polar surface area (TPSA) is 91.9 Å². The van der Waals surface area contributed by atoms with Gasteiger partial charge in [-0.05, 0) is 74.1 Å². The molecule has 2 heterocycles. The Labute approximate surface area is 194 Å². The lowest BCUT2D eigenvalue weighted by atomic mass is 9.86. The van der Waals surface area contributed by atoms with Gasteiger partial charge in [0.15, 0.2) is 0 Å². The van der Waals surface area contributed by atoms with Gasteiger partial charge in [0.25, 0.3) is 0 Å². The number of hydrogen-bond donors (Lipinski definition) is 3. The van der Waals surface area contributed by atoms with Gasteiger partial charge < -0.3 is 19.7 Å². The van der Waals surface area contributed by atoms with E-state index in [4.69, 9.17) is 9.47 Å². The van der Waals surface area contributed by atoms with Crippen LogP contribution in [0.2, 0.25) is 0 Å². The van der Waals surface area contributed by atoms with Crippen molar-refractivity contribution >= 4 is 17.7 Å². The molecule has 2 saturated heterocycles. The maximum Gasteiger partial charge on any atom is 0.338 e. The summed E-state index contributed by atoms with van der Waals surface area (Å²) in [4.78, 5) is 26.3. The molecule has 0 bridgehead atoms. The number of hydrazine groups is 1. The van der Waals surface area contributed by atoms with Crippen molar-refractivity contribution in [1.82, 2.24) is 15.8 Å².